The summed E-state index contributed by atoms with van der Waals surface area (Å²) < 4.78 is 6.23. The SMILES string of the molecule is CNC(c1ccc(C)c(Cl)c1)C1CC(C)(C)OC1(C)C. The molecule has 0 spiro atoms. The van der Waals surface area contributed by atoms with Gasteiger partial charge in [0.05, 0.1) is 11.2 Å². The van der Waals surface area contributed by atoms with Gasteiger partial charge >= 0.3 is 0 Å². The van der Waals surface area contributed by atoms with Crippen molar-refractivity contribution in [2.45, 2.75) is 58.3 Å². The highest BCUT2D eigenvalue weighted by Gasteiger charge is 2.49. The third-order valence-corrected chi connectivity index (χ3v) is 4.82. The zero-order valence-electron chi connectivity index (χ0n) is 13.4. The Bertz CT molecular complexity index is 496. The van der Waals surface area contributed by atoms with E-state index >= 15 is 0 Å². The second-order valence-corrected chi connectivity index (χ2v) is 7.46. The quantitative estimate of drug-likeness (QED) is 0.886. The Hall–Kier alpha value is -0.570. The highest BCUT2D eigenvalue weighted by molar-refractivity contribution is 6.31. The van der Waals surface area contributed by atoms with E-state index in [4.69, 9.17) is 16.3 Å². The molecule has 0 bridgehead atoms. The van der Waals surface area contributed by atoms with Crippen molar-refractivity contribution < 1.29 is 4.74 Å². The first-order valence-corrected chi connectivity index (χ1v) is 7.67. The van der Waals surface area contributed by atoms with Gasteiger partial charge in [0, 0.05) is 17.0 Å². The van der Waals surface area contributed by atoms with E-state index in [1.165, 1.54) is 5.56 Å². The first-order chi connectivity index (χ1) is 9.16. The van der Waals surface area contributed by atoms with Crippen molar-refractivity contribution in [1.82, 2.24) is 5.32 Å². The van der Waals surface area contributed by atoms with Crippen LogP contribution in [0.1, 0.15) is 51.3 Å². The lowest BCUT2D eigenvalue weighted by Gasteiger charge is -2.33. The third kappa shape index (κ3) is 3.03. The van der Waals surface area contributed by atoms with E-state index in [-0.39, 0.29) is 17.2 Å². The third-order valence-electron chi connectivity index (χ3n) is 4.41. The maximum absolute atomic E-state index is 6.29. The molecule has 2 atom stereocenters. The van der Waals surface area contributed by atoms with Gasteiger partial charge in [0.25, 0.3) is 0 Å². The molecule has 1 aromatic carbocycles. The first-order valence-electron chi connectivity index (χ1n) is 7.30. The lowest BCUT2D eigenvalue weighted by atomic mass is 9.79. The van der Waals surface area contributed by atoms with Gasteiger partial charge in [-0.15, -0.1) is 0 Å². The topological polar surface area (TPSA) is 21.3 Å². The molecule has 0 radical (unpaired) electrons. The van der Waals surface area contributed by atoms with Crippen LogP contribution in [-0.2, 0) is 4.74 Å². The molecule has 2 nitrogen and oxygen atoms in total. The van der Waals surface area contributed by atoms with Gasteiger partial charge in [0.2, 0.25) is 0 Å². The Labute approximate surface area is 127 Å². The fraction of sp³-hybridized carbons (Fsp3) is 0.647. The molecule has 0 saturated carbocycles. The van der Waals surface area contributed by atoms with Crippen LogP contribution in [-0.4, -0.2) is 18.2 Å². The Balaban J connectivity index is 2.35. The van der Waals surface area contributed by atoms with Crippen molar-refractivity contribution in [3.8, 4) is 0 Å². The summed E-state index contributed by atoms with van der Waals surface area (Å²) in [5.74, 6) is 0.418. The van der Waals surface area contributed by atoms with E-state index in [2.05, 4.69) is 51.2 Å². The van der Waals surface area contributed by atoms with Gasteiger partial charge in [-0.1, -0.05) is 23.7 Å². The molecular formula is C17H26ClNO. The predicted octanol–water partition coefficient (Wildman–Crippen LogP) is 4.50. The summed E-state index contributed by atoms with van der Waals surface area (Å²) in [7, 11) is 2.01. The zero-order valence-corrected chi connectivity index (χ0v) is 14.1. The molecule has 1 saturated heterocycles. The molecule has 2 rings (SSSR count). The number of benzene rings is 1. The van der Waals surface area contributed by atoms with Crippen LogP contribution in [0.15, 0.2) is 18.2 Å². The highest BCUT2D eigenvalue weighted by atomic mass is 35.5. The van der Waals surface area contributed by atoms with E-state index < -0.39 is 0 Å². The molecule has 0 aromatic heterocycles. The first kappa shape index (κ1) is 15.8. The predicted molar refractivity (Wildman–Crippen MR) is 85.3 cm³/mol. The average molecular weight is 296 g/mol. The summed E-state index contributed by atoms with van der Waals surface area (Å²) in [5, 5.41) is 4.29. The molecule has 1 heterocycles. The van der Waals surface area contributed by atoms with Crippen LogP contribution in [0.4, 0.5) is 0 Å². The molecule has 2 unspecified atom stereocenters. The number of halogens is 1. The minimum Gasteiger partial charge on any atom is -0.369 e. The molecule has 3 heteroatoms. The van der Waals surface area contributed by atoms with Crippen molar-refractivity contribution in [1.29, 1.82) is 0 Å². The largest absolute Gasteiger partial charge is 0.369 e. The summed E-state index contributed by atoms with van der Waals surface area (Å²) in [5.41, 5.74) is 2.14. The second-order valence-electron chi connectivity index (χ2n) is 7.05. The summed E-state index contributed by atoms with van der Waals surface area (Å²) in [6.07, 6.45) is 1.04. The van der Waals surface area contributed by atoms with Crippen LogP contribution in [0.25, 0.3) is 0 Å². The van der Waals surface area contributed by atoms with Crippen molar-refractivity contribution in [2.24, 2.45) is 5.92 Å². The second kappa shape index (κ2) is 5.32. The highest BCUT2D eigenvalue weighted by Crippen LogP contribution is 2.47. The van der Waals surface area contributed by atoms with Crippen molar-refractivity contribution in [3.05, 3.63) is 34.3 Å². The van der Waals surface area contributed by atoms with E-state index in [1.807, 2.05) is 14.0 Å². The number of ether oxygens (including phenoxy) is 1. The standard InChI is InChI=1S/C17H26ClNO/c1-11-7-8-12(9-14(11)18)15(19-6)13-10-16(2,3)20-17(13,4)5/h7-9,13,15,19H,10H2,1-6H3. The monoisotopic (exact) mass is 295 g/mol. The number of rotatable bonds is 3. The van der Waals surface area contributed by atoms with E-state index in [0.29, 0.717) is 5.92 Å². The molecule has 1 N–H and O–H groups in total. The van der Waals surface area contributed by atoms with E-state index in [1.54, 1.807) is 0 Å². The summed E-state index contributed by atoms with van der Waals surface area (Å²) in [4.78, 5) is 0. The fourth-order valence-corrected chi connectivity index (χ4v) is 3.72. The Morgan fingerprint density at radius 2 is 1.95 bits per heavy atom. The zero-order chi connectivity index (χ0) is 15.1. The Kier molecular flexibility index (Phi) is 4.21. The van der Waals surface area contributed by atoms with Crippen LogP contribution in [0, 0.1) is 12.8 Å². The molecule has 1 aliphatic rings. The smallest absolute Gasteiger partial charge is 0.0681 e. The average Bonchev–Trinajstić information content (AvgIpc) is 2.53. The van der Waals surface area contributed by atoms with Gasteiger partial charge in [-0.25, -0.2) is 0 Å². The lowest BCUT2D eigenvalue weighted by molar-refractivity contribution is -0.0776. The molecular weight excluding hydrogens is 270 g/mol. The number of hydrogen-bond acceptors (Lipinski definition) is 2. The Morgan fingerprint density at radius 1 is 1.30 bits per heavy atom. The van der Waals surface area contributed by atoms with Crippen molar-refractivity contribution >= 4 is 11.6 Å². The molecule has 0 aliphatic carbocycles. The summed E-state index contributed by atoms with van der Waals surface area (Å²) >= 11 is 6.29. The van der Waals surface area contributed by atoms with Gasteiger partial charge < -0.3 is 10.1 Å². The molecule has 112 valence electrons. The summed E-state index contributed by atoms with van der Waals surface area (Å²) in [6, 6.07) is 6.60. The minimum atomic E-state index is -0.144. The maximum atomic E-state index is 6.29. The normalized spacial score (nSPS) is 25.6. The number of aryl methyl sites for hydroxylation is 1. The van der Waals surface area contributed by atoms with Crippen LogP contribution in [0.5, 0.6) is 0 Å². The lowest BCUT2D eigenvalue weighted by Crippen LogP contribution is -2.37. The molecule has 1 aromatic rings. The van der Waals surface area contributed by atoms with Gasteiger partial charge in [-0.3, -0.25) is 0 Å². The van der Waals surface area contributed by atoms with Gasteiger partial charge in [-0.05, 0) is 65.3 Å². The van der Waals surface area contributed by atoms with Gasteiger partial charge in [0.1, 0.15) is 0 Å². The van der Waals surface area contributed by atoms with Crippen LogP contribution in [0.2, 0.25) is 5.02 Å². The van der Waals surface area contributed by atoms with Crippen LogP contribution in [0.3, 0.4) is 0 Å². The van der Waals surface area contributed by atoms with Gasteiger partial charge in [-0.2, -0.15) is 0 Å². The van der Waals surface area contributed by atoms with Crippen molar-refractivity contribution in [2.75, 3.05) is 7.05 Å². The van der Waals surface area contributed by atoms with Crippen LogP contribution >= 0.6 is 11.6 Å². The molecule has 1 aliphatic heterocycles. The van der Waals surface area contributed by atoms with Gasteiger partial charge in [0.15, 0.2) is 0 Å². The van der Waals surface area contributed by atoms with E-state index in [9.17, 15) is 0 Å². The number of hydrogen-bond donors (Lipinski definition) is 1. The van der Waals surface area contributed by atoms with Crippen molar-refractivity contribution in [3.63, 3.8) is 0 Å². The number of nitrogens with one attached hydrogen (secondary N) is 1. The summed E-state index contributed by atoms with van der Waals surface area (Å²) in [6.45, 7) is 10.7. The fourth-order valence-electron chi connectivity index (χ4n) is 3.53. The Morgan fingerprint density at radius 3 is 2.40 bits per heavy atom. The maximum Gasteiger partial charge on any atom is 0.0681 e. The molecule has 20 heavy (non-hydrogen) atoms. The van der Waals surface area contributed by atoms with E-state index in [0.717, 1.165) is 17.0 Å². The van der Waals surface area contributed by atoms with Crippen LogP contribution < -0.4 is 5.32 Å². The minimum absolute atomic E-state index is 0.0717. The molecule has 0 amide bonds. The molecule has 1 fully saturated rings.